The molecule has 2 aliphatic heterocycles. The van der Waals surface area contributed by atoms with E-state index in [-0.39, 0.29) is 24.4 Å². The second-order valence-electron chi connectivity index (χ2n) is 8.41. The number of hydrogen-bond acceptors (Lipinski definition) is 6. The number of nitrogens with one attached hydrogen (secondary N) is 1. The van der Waals surface area contributed by atoms with Crippen LogP contribution in [0.3, 0.4) is 0 Å². The van der Waals surface area contributed by atoms with Gasteiger partial charge < -0.3 is 24.4 Å². The number of Topliss-reactive ketones (excluding diaryl/α,β-unsaturated/α-hetero) is 1. The molecule has 4 rings (SSSR count). The molecule has 0 unspecified atom stereocenters. The van der Waals surface area contributed by atoms with Crippen LogP contribution in [-0.2, 0) is 11.2 Å². The van der Waals surface area contributed by atoms with Crippen molar-refractivity contribution in [2.24, 2.45) is 5.92 Å². The van der Waals surface area contributed by atoms with Crippen molar-refractivity contribution in [3.8, 4) is 17.2 Å². The van der Waals surface area contributed by atoms with E-state index in [1.54, 1.807) is 31.4 Å². The third-order valence-corrected chi connectivity index (χ3v) is 7.29. The van der Waals surface area contributed by atoms with Crippen LogP contribution in [0.25, 0.3) is 6.08 Å². The molecule has 0 saturated carbocycles. The Kier molecular flexibility index (Phi) is 7.16. The van der Waals surface area contributed by atoms with Crippen molar-refractivity contribution in [1.82, 2.24) is 4.90 Å². The zero-order valence-corrected chi connectivity index (χ0v) is 21.5. The van der Waals surface area contributed by atoms with E-state index in [1.807, 2.05) is 31.9 Å². The number of anilines is 1. The molecule has 2 aliphatic rings. The van der Waals surface area contributed by atoms with Crippen molar-refractivity contribution in [2.45, 2.75) is 33.1 Å². The summed E-state index contributed by atoms with van der Waals surface area (Å²) < 4.78 is 17.8. The maximum atomic E-state index is 13.5. The Bertz CT molecular complexity index is 1140. The van der Waals surface area contributed by atoms with Gasteiger partial charge in [-0.15, -0.1) is 0 Å². The number of rotatable bonds is 7. The Morgan fingerprint density at radius 1 is 1.15 bits per heavy atom. The highest BCUT2D eigenvalue weighted by Gasteiger charge is 2.31. The monoisotopic (exact) mass is 528 g/mol. The van der Waals surface area contributed by atoms with Crippen LogP contribution < -0.4 is 19.5 Å². The second-order valence-corrected chi connectivity index (χ2v) is 9.21. The Hall–Kier alpha value is -3.00. The lowest BCUT2D eigenvalue weighted by Gasteiger charge is -2.20. The molecule has 2 heterocycles. The zero-order chi connectivity index (χ0) is 24.4. The molecule has 8 heteroatoms. The van der Waals surface area contributed by atoms with Gasteiger partial charge in [0.15, 0.2) is 11.5 Å². The molecule has 1 amide bonds. The third-order valence-electron chi connectivity index (χ3n) is 6.45. The zero-order valence-electron chi connectivity index (χ0n) is 19.9. The summed E-state index contributed by atoms with van der Waals surface area (Å²) in [5, 5.41) is 2.94. The SMILES string of the molecule is CCC(CC)C(=O)Nc1ccc(C(=O)C2=Cc3c(c(Br)c4c(c3OC)OCO4)CCN2C)cc1. The molecule has 0 aromatic heterocycles. The normalized spacial score (nSPS) is 14.4. The van der Waals surface area contributed by atoms with E-state index >= 15 is 0 Å². The van der Waals surface area contributed by atoms with Crippen molar-refractivity contribution in [2.75, 3.05) is 32.8 Å². The number of fused-ring (bicyclic) bond motifs is 2. The van der Waals surface area contributed by atoms with Crippen LogP contribution in [0.5, 0.6) is 17.2 Å². The number of benzene rings is 2. The highest BCUT2D eigenvalue weighted by Crippen LogP contribution is 2.51. The van der Waals surface area contributed by atoms with Crippen LogP contribution in [0.15, 0.2) is 34.4 Å². The third kappa shape index (κ3) is 4.39. The Morgan fingerprint density at radius 3 is 2.47 bits per heavy atom. The quantitative estimate of drug-likeness (QED) is 0.493. The molecule has 0 aliphatic carbocycles. The van der Waals surface area contributed by atoms with E-state index in [0.29, 0.717) is 47.2 Å². The van der Waals surface area contributed by atoms with Gasteiger partial charge in [0.25, 0.3) is 0 Å². The Balaban J connectivity index is 1.66. The molecule has 7 nitrogen and oxygen atoms in total. The van der Waals surface area contributed by atoms with Crippen molar-refractivity contribution in [3.05, 3.63) is 51.1 Å². The summed E-state index contributed by atoms with van der Waals surface area (Å²) in [5.74, 6) is 1.61. The predicted octanol–water partition coefficient (Wildman–Crippen LogP) is 5.27. The Labute approximate surface area is 208 Å². The molecule has 0 atom stereocenters. The topological polar surface area (TPSA) is 77.1 Å². The summed E-state index contributed by atoms with van der Waals surface area (Å²) in [6, 6.07) is 7.04. The molecule has 34 heavy (non-hydrogen) atoms. The first-order valence-corrected chi connectivity index (χ1v) is 12.2. The van der Waals surface area contributed by atoms with Crippen molar-refractivity contribution in [1.29, 1.82) is 0 Å². The minimum atomic E-state index is -0.107. The maximum Gasteiger partial charge on any atom is 0.231 e. The number of ether oxygens (including phenoxy) is 3. The highest BCUT2D eigenvalue weighted by molar-refractivity contribution is 9.10. The van der Waals surface area contributed by atoms with Gasteiger partial charge >= 0.3 is 0 Å². The lowest BCUT2D eigenvalue weighted by Crippen LogP contribution is -2.24. The fourth-order valence-electron chi connectivity index (χ4n) is 4.37. The van der Waals surface area contributed by atoms with Crippen molar-refractivity contribution < 1.29 is 23.8 Å². The number of carbonyl (C=O) groups is 2. The van der Waals surface area contributed by atoms with Crippen LogP contribution in [0.1, 0.15) is 48.2 Å². The summed E-state index contributed by atoms with van der Waals surface area (Å²) >= 11 is 3.66. The van der Waals surface area contributed by atoms with Crippen LogP contribution in [0.2, 0.25) is 0 Å². The fraction of sp³-hybridized carbons (Fsp3) is 0.385. The van der Waals surface area contributed by atoms with Gasteiger partial charge in [-0.1, -0.05) is 13.8 Å². The minimum Gasteiger partial charge on any atom is -0.492 e. The Morgan fingerprint density at radius 2 is 1.82 bits per heavy atom. The average Bonchev–Trinajstić information content (AvgIpc) is 3.26. The van der Waals surface area contributed by atoms with E-state index < -0.39 is 0 Å². The molecule has 2 aromatic rings. The van der Waals surface area contributed by atoms with E-state index in [1.165, 1.54) is 0 Å². The number of halogens is 1. The average molecular weight is 529 g/mol. The predicted molar refractivity (Wildman–Crippen MR) is 135 cm³/mol. The number of likely N-dealkylation sites (N-methyl/N-ethyl adjacent to an activating group) is 1. The molecule has 180 valence electrons. The number of ketones is 1. The molecule has 0 spiro atoms. The smallest absolute Gasteiger partial charge is 0.231 e. The molecular formula is C26H29BrN2O5. The van der Waals surface area contributed by atoms with Gasteiger partial charge in [-0.3, -0.25) is 9.59 Å². The number of amides is 1. The largest absolute Gasteiger partial charge is 0.492 e. The van der Waals surface area contributed by atoms with E-state index in [0.717, 1.165) is 28.4 Å². The molecule has 2 aromatic carbocycles. The summed E-state index contributed by atoms with van der Waals surface area (Å²) in [5.41, 5.74) is 3.59. The number of hydrogen-bond donors (Lipinski definition) is 1. The van der Waals surface area contributed by atoms with Gasteiger partial charge in [0.1, 0.15) is 0 Å². The van der Waals surface area contributed by atoms with E-state index in [2.05, 4.69) is 21.2 Å². The van der Waals surface area contributed by atoms with Gasteiger partial charge in [-0.05, 0) is 71.1 Å². The van der Waals surface area contributed by atoms with Crippen LogP contribution in [0.4, 0.5) is 5.69 Å². The second kappa shape index (κ2) is 10.1. The number of methoxy groups -OCH3 is 1. The lowest BCUT2D eigenvalue weighted by atomic mass is 10.00. The van der Waals surface area contributed by atoms with Crippen molar-refractivity contribution >= 4 is 39.4 Å². The first kappa shape index (κ1) is 24.1. The standard InChI is InChI=1S/C26H29BrN2O5/c1-5-15(6-2)26(31)28-17-9-7-16(8-10-17)22(30)20-13-19-18(11-12-29(20)3)21(27)24-25(23(19)32-4)34-14-33-24/h7-10,13,15H,5-6,11-12,14H2,1-4H3,(H,28,31). The van der Waals surface area contributed by atoms with Gasteiger partial charge in [0.05, 0.1) is 17.3 Å². The molecule has 0 bridgehead atoms. The lowest BCUT2D eigenvalue weighted by molar-refractivity contribution is -0.120. The van der Waals surface area contributed by atoms with Gasteiger partial charge in [-0.2, -0.15) is 0 Å². The summed E-state index contributed by atoms with van der Waals surface area (Å²) in [7, 11) is 3.49. The first-order chi connectivity index (χ1) is 16.4. The molecular weight excluding hydrogens is 500 g/mol. The van der Waals surface area contributed by atoms with Crippen LogP contribution in [0, 0.1) is 5.92 Å². The summed E-state index contributed by atoms with van der Waals surface area (Å²) in [4.78, 5) is 27.8. The van der Waals surface area contributed by atoms with E-state index in [9.17, 15) is 9.59 Å². The van der Waals surface area contributed by atoms with Crippen molar-refractivity contribution in [3.63, 3.8) is 0 Å². The fourth-order valence-corrected chi connectivity index (χ4v) is 5.07. The van der Waals surface area contributed by atoms with Gasteiger partial charge in [0.2, 0.25) is 24.2 Å². The van der Waals surface area contributed by atoms with E-state index in [4.69, 9.17) is 14.2 Å². The number of nitrogens with zero attached hydrogens (tertiary/aromatic N) is 1. The molecule has 0 fully saturated rings. The number of allylic oxidation sites excluding steroid dienone is 1. The molecule has 0 radical (unpaired) electrons. The number of carbonyl (C=O) groups excluding carboxylic acids is 2. The summed E-state index contributed by atoms with van der Waals surface area (Å²) in [6.45, 7) is 4.79. The molecule has 1 N–H and O–H groups in total. The summed E-state index contributed by atoms with van der Waals surface area (Å²) in [6.07, 6.45) is 4.15. The minimum absolute atomic E-state index is 0.00305. The van der Waals surface area contributed by atoms with Crippen LogP contribution in [-0.4, -0.2) is 44.1 Å². The first-order valence-electron chi connectivity index (χ1n) is 11.5. The van der Waals surface area contributed by atoms with Gasteiger partial charge in [-0.25, -0.2) is 0 Å². The van der Waals surface area contributed by atoms with Gasteiger partial charge in [0, 0.05) is 36.3 Å². The highest BCUT2D eigenvalue weighted by atomic mass is 79.9. The maximum absolute atomic E-state index is 13.5. The molecule has 0 saturated heterocycles. The van der Waals surface area contributed by atoms with Crippen LogP contribution >= 0.6 is 15.9 Å².